The molecule has 0 fully saturated rings. The summed E-state index contributed by atoms with van der Waals surface area (Å²) < 4.78 is 0. The molecule has 3 nitrogen and oxygen atoms in total. The molecule has 0 aliphatic carbocycles. The largest absolute Gasteiger partial charge is 0.368 e. The van der Waals surface area contributed by atoms with Gasteiger partial charge in [0.05, 0.1) is 0 Å². The summed E-state index contributed by atoms with van der Waals surface area (Å²) in [5, 5.41) is 10.7. The third-order valence-electron chi connectivity index (χ3n) is 1.23. The predicted octanol–water partition coefficient (Wildman–Crippen LogP) is 1.46. The lowest BCUT2D eigenvalue weighted by atomic mass is 10.4. The van der Waals surface area contributed by atoms with Gasteiger partial charge in [-0.1, -0.05) is 6.08 Å². The van der Waals surface area contributed by atoms with E-state index in [1.54, 1.807) is 6.20 Å². The maximum atomic E-state index is 3.86. The van der Waals surface area contributed by atoms with E-state index in [0.717, 1.165) is 18.8 Å². The van der Waals surface area contributed by atoms with Gasteiger partial charge in [0, 0.05) is 12.7 Å². The predicted molar refractivity (Wildman–Crippen MR) is 45.3 cm³/mol. The molecule has 1 aromatic heterocycles. The Kier molecular flexibility index (Phi) is 3.12. The summed E-state index contributed by atoms with van der Waals surface area (Å²) in [5.74, 6) is 0.814. The van der Waals surface area contributed by atoms with Crippen molar-refractivity contribution in [2.45, 2.75) is 6.42 Å². The fraction of sp³-hybridized carbons (Fsp3) is 0.250. The van der Waals surface area contributed by atoms with Gasteiger partial charge in [-0.3, -0.25) is 0 Å². The molecule has 0 aliphatic rings. The van der Waals surface area contributed by atoms with Crippen molar-refractivity contribution in [2.75, 3.05) is 11.9 Å². The van der Waals surface area contributed by atoms with Crippen molar-refractivity contribution in [3.05, 3.63) is 31.0 Å². The molecule has 0 saturated carbocycles. The monoisotopic (exact) mass is 149 g/mol. The maximum Gasteiger partial charge on any atom is 0.148 e. The first-order valence-electron chi connectivity index (χ1n) is 3.56. The molecule has 0 radical (unpaired) electrons. The van der Waals surface area contributed by atoms with Crippen LogP contribution in [0.15, 0.2) is 31.0 Å². The van der Waals surface area contributed by atoms with Crippen LogP contribution in [0.3, 0.4) is 0 Å². The van der Waals surface area contributed by atoms with E-state index in [1.165, 1.54) is 0 Å². The van der Waals surface area contributed by atoms with Crippen LogP contribution in [0.4, 0.5) is 5.82 Å². The molecule has 0 bridgehead atoms. The first-order chi connectivity index (χ1) is 5.43. The van der Waals surface area contributed by atoms with Gasteiger partial charge >= 0.3 is 0 Å². The highest BCUT2D eigenvalue weighted by Crippen LogP contribution is 1.96. The molecule has 58 valence electrons. The summed E-state index contributed by atoms with van der Waals surface area (Å²) in [5.41, 5.74) is 0. The summed E-state index contributed by atoms with van der Waals surface area (Å²) in [6.45, 7) is 4.48. The van der Waals surface area contributed by atoms with E-state index < -0.39 is 0 Å². The first kappa shape index (κ1) is 7.72. The van der Waals surface area contributed by atoms with Gasteiger partial charge in [-0.2, -0.15) is 5.10 Å². The Labute approximate surface area is 66.2 Å². The Hall–Kier alpha value is -1.38. The van der Waals surface area contributed by atoms with Crippen molar-refractivity contribution in [3.63, 3.8) is 0 Å². The normalized spacial score (nSPS) is 9.09. The van der Waals surface area contributed by atoms with Gasteiger partial charge in [0.2, 0.25) is 0 Å². The average molecular weight is 149 g/mol. The third kappa shape index (κ3) is 2.80. The Bertz CT molecular complexity index is 208. The van der Waals surface area contributed by atoms with E-state index in [0.29, 0.717) is 0 Å². The molecular weight excluding hydrogens is 138 g/mol. The van der Waals surface area contributed by atoms with E-state index in [4.69, 9.17) is 0 Å². The summed E-state index contributed by atoms with van der Waals surface area (Å²) in [6, 6.07) is 3.74. The molecule has 0 amide bonds. The number of rotatable bonds is 4. The van der Waals surface area contributed by atoms with Crippen LogP contribution in [0.5, 0.6) is 0 Å². The minimum atomic E-state index is 0.814. The Morgan fingerprint density at radius 1 is 1.64 bits per heavy atom. The molecule has 0 saturated heterocycles. The fourth-order valence-corrected chi connectivity index (χ4v) is 0.698. The quantitative estimate of drug-likeness (QED) is 0.520. The van der Waals surface area contributed by atoms with E-state index in [2.05, 4.69) is 22.1 Å². The van der Waals surface area contributed by atoms with E-state index in [9.17, 15) is 0 Å². The summed E-state index contributed by atoms with van der Waals surface area (Å²) in [4.78, 5) is 0. The molecule has 0 aromatic carbocycles. The molecule has 3 heteroatoms. The third-order valence-corrected chi connectivity index (χ3v) is 1.23. The second-order valence-corrected chi connectivity index (χ2v) is 2.11. The number of nitrogens with one attached hydrogen (secondary N) is 1. The van der Waals surface area contributed by atoms with Crippen molar-refractivity contribution >= 4 is 5.82 Å². The molecule has 1 rings (SSSR count). The van der Waals surface area contributed by atoms with Crippen molar-refractivity contribution < 1.29 is 0 Å². The fourth-order valence-electron chi connectivity index (χ4n) is 0.698. The Morgan fingerprint density at radius 3 is 3.18 bits per heavy atom. The minimum absolute atomic E-state index is 0.814. The van der Waals surface area contributed by atoms with Gasteiger partial charge in [-0.15, -0.1) is 11.7 Å². The second kappa shape index (κ2) is 4.44. The Morgan fingerprint density at radius 2 is 2.55 bits per heavy atom. The van der Waals surface area contributed by atoms with Crippen molar-refractivity contribution in [1.29, 1.82) is 0 Å². The van der Waals surface area contributed by atoms with E-state index in [1.807, 2.05) is 18.2 Å². The van der Waals surface area contributed by atoms with Gasteiger partial charge in [0.25, 0.3) is 0 Å². The summed E-state index contributed by atoms with van der Waals surface area (Å²) in [7, 11) is 0. The average Bonchev–Trinajstić information content (AvgIpc) is 2.07. The van der Waals surface area contributed by atoms with E-state index >= 15 is 0 Å². The van der Waals surface area contributed by atoms with Crippen LogP contribution in [0.2, 0.25) is 0 Å². The van der Waals surface area contributed by atoms with Gasteiger partial charge in [-0.25, -0.2) is 0 Å². The van der Waals surface area contributed by atoms with Gasteiger partial charge < -0.3 is 5.32 Å². The highest BCUT2D eigenvalue weighted by molar-refractivity contribution is 5.31. The molecule has 0 unspecified atom stereocenters. The number of hydrogen-bond donors (Lipinski definition) is 1. The summed E-state index contributed by atoms with van der Waals surface area (Å²) >= 11 is 0. The zero-order chi connectivity index (χ0) is 7.94. The number of nitrogens with zero attached hydrogens (tertiary/aromatic N) is 2. The zero-order valence-electron chi connectivity index (χ0n) is 6.33. The van der Waals surface area contributed by atoms with Gasteiger partial charge in [0.1, 0.15) is 5.82 Å². The minimum Gasteiger partial charge on any atom is -0.368 e. The van der Waals surface area contributed by atoms with Crippen molar-refractivity contribution in [3.8, 4) is 0 Å². The lowest BCUT2D eigenvalue weighted by Crippen LogP contribution is -2.02. The summed E-state index contributed by atoms with van der Waals surface area (Å²) in [6.07, 6.45) is 4.46. The van der Waals surface area contributed by atoms with Crippen LogP contribution in [-0.2, 0) is 0 Å². The van der Waals surface area contributed by atoms with Gasteiger partial charge in [0.15, 0.2) is 0 Å². The topological polar surface area (TPSA) is 37.8 Å². The van der Waals surface area contributed by atoms with Crippen LogP contribution < -0.4 is 5.32 Å². The number of aromatic nitrogens is 2. The van der Waals surface area contributed by atoms with Crippen LogP contribution in [0.25, 0.3) is 0 Å². The highest BCUT2D eigenvalue weighted by Gasteiger charge is 1.87. The molecule has 11 heavy (non-hydrogen) atoms. The molecule has 0 aliphatic heterocycles. The molecule has 1 aromatic rings. The van der Waals surface area contributed by atoms with Gasteiger partial charge in [-0.05, 0) is 18.6 Å². The number of anilines is 1. The first-order valence-corrected chi connectivity index (χ1v) is 3.56. The molecule has 0 spiro atoms. The van der Waals surface area contributed by atoms with Crippen LogP contribution in [0.1, 0.15) is 6.42 Å². The lowest BCUT2D eigenvalue weighted by molar-refractivity contribution is 0.985. The smallest absolute Gasteiger partial charge is 0.148 e. The highest BCUT2D eigenvalue weighted by atomic mass is 15.2. The SMILES string of the molecule is C=CCCNc1cccnn1. The molecule has 1 heterocycles. The number of hydrogen-bond acceptors (Lipinski definition) is 3. The molecule has 1 N–H and O–H groups in total. The van der Waals surface area contributed by atoms with Crippen molar-refractivity contribution in [2.24, 2.45) is 0 Å². The van der Waals surface area contributed by atoms with Crippen LogP contribution >= 0.6 is 0 Å². The van der Waals surface area contributed by atoms with Crippen LogP contribution in [0, 0.1) is 0 Å². The van der Waals surface area contributed by atoms with Crippen LogP contribution in [-0.4, -0.2) is 16.7 Å². The second-order valence-electron chi connectivity index (χ2n) is 2.11. The zero-order valence-corrected chi connectivity index (χ0v) is 6.33. The van der Waals surface area contributed by atoms with E-state index in [-0.39, 0.29) is 0 Å². The molecular formula is C8H11N3. The molecule has 0 atom stereocenters. The Balaban J connectivity index is 2.33. The lowest BCUT2D eigenvalue weighted by Gasteiger charge is -1.99. The maximum absolute atomic E-state index is 3.86. The standard InChI is InChI=1S/C8H11N3/c1-2-3-6-9-8-5-4-7-10-11-8/h2,4-5,7H,1,3,6H2,(H,9,11). The van der Waals surface area contributed by atoms with Crippen molar-refractivity contribution in [1.82, 2.24) is 10.2 Å².